The van der Waals surface area contributed by atoms with Crippen molar-refractivity contribution in [2.24, 2.45) is 10.7 Å². The highest BCUT2D eigenvalue weighted by Gasteiger charge is 2.20. The van der Waals surface area contributed by atoms with Crippen molar-refractivity contribution in [1.29, 1.82) is 0 Å². The minimum absolute atomic E-state index is 0. The number of guanidine groups is 1. The number of benzene rings is 2. The zero-order valence-corrected chi connectivity index (χ0v) is 18.6. The van der Waals surface area contributed by atoms with Crippen molar-refractivity contribution in [3.63, 3.8) is 0 Å². The number of methoxy groups -OCH3 is 2. The van der Waals surface area contributed by atoms with Crippen LogP contribution in [-0.2, 0) is 13.1 Å². The van der Waals surface area contributed by atoms with Crippen molar-refractivity contribution in [2.45, 2.75) is 38.5 Å². The molecule has 1 aliphatic rings. The van der Waals surface area contributed by atoms with E-state index >= 15 is 0 Å². The molecule has 3 rings (SSSR count). The lowest BCUT2D eigenvalue weighted by molar-refractivity contribution is 0.119. The molecule has 0 saturated heterocycles. The summed E-state index contributed by atoms with van der Waals surface area (Å²) >= 11 is 0. The van der Waals surface area contributed by atoms with Gasteiger partial charge in [0.2, 0.25) is 0 Å². The van der Waals surface area contributed by atoms with Crippen LogP contribution in [0.3, 0.4) is 0 Å². The molecule has 1 aliphatic carbocycles. The van der Waals surface area contributed by atoms with Gasteiger partial charge in [0.1, 0.15) is 5.75 Å². The van der Waals surface area contributed by atoms with E-state index in [9.17, 15) is 0 Å². The number of halogens is 1. The zero-order chi connectivity index (χ0) is 19.1. The van der Waals surface area contributed by atoms with Crippen molar-refractivity contribution in [3.05, 3.63) is 53.6 Å². The Balaban J connectivity index is 0.00000280. The minimum Gasteiger partial charge on any atom is -0.493 e. The Kier molecular flexibility index (Phi) is 8.69. The molecule has 0 aliphatic heterocycles. The highest BCUT2D eigenvalue weighted by Crippen LogP contribution is 2.28. The van der Waals surface area contributed by atoms with Gasteiger partial charge in [-0.2, -0.15) is 0 Å². The molecule has 0 atom stereocenters. The summed E-state index contributed by atoms with van der Waals surface area (Å²) in [5.74, 6) is 2.68. The molecule has 0 aromatic heterocycles. The minimum atomic E-state index is 0. The monoisotopic (exact) mass is 497 g/mol. The van der Waals surface area contributed by atoms with Crippen molar-refractivity contribution in [3.8, 4) is 17.2 Å². The van der Waals surface area contributed by atoms with E-state index in [0.29, 0.717) is 36.7 Å². The number of para-hydroxylation sites is 1. The number of ether oxygens (including phenoxy) is 3. The van der Waals surface area contributed by atoms with Crippen LogP contribution >= 0.6 is 24.0 Å². The second-order valence-electron chi connectivity index (χ2n) is 6.52. The summed E-state index contributed by atoms with van der Waals surface area (Å²) in [6.07, 6.45) is 3.87. The highest BCUT2D eigenvalue weighted by atomic mass is 127. The number of nitrogens with two attached hydrogens (primary N) is 1. The summed E-state index contributed by atoms with van der Waals surface area (Å²) in [4.78, 5) is 4.40. The molecule has 0 amide bonds. The quantitative estimate of drug-likeness (QED) is 0.329. The van der Waals surface area contributed by atoms with Crippen molar-refractivity contribution < 1.29 is 14.2 Å². The summed E-state index contributed by atoms with van der Waals surface area (Å²) in [7, 11) is 3.23. The maximum absolute atomic E-state index is 6.04. The van der Waals surface area contributed by atoms with E-state index in [2.05, 4.69) is 10.3 Å². The molecule has 152 valence electrons. The Morgan fingerprint density at radius 3 is 2.50 bits per heavy atom. The second kappa shape index (κ2) is 11.0. The van der Waals surface area contributed by atoms with Gasteiger partial charge in [0.25, 0.3) is 0 Å². The summed E-state index contributed by atoms with van der Waals surface area (Å²) < 4.78 is 16.6. The largest absolute Gasteiger partial charge is 0.493 e. The van der Waals surface area contributed by atoms with E-state index in [0.717, 1.165) is 29.7 Å². The number of hydrogen-bond donors (Lipinski definition) is 2. The predicted octanol–water partition coefficient (Wildman–Crippen LogP) is 3.86. The molecule has 0 unspecified atom stereocenters. The summed E-state index contributed by atoms with van der Waals surface area (Å²) in [6.45, 7) is 1.03. The normalized spacial score (nSPS) is 13.9. The van der Waals surface area contributed by atoms with E-state index in [1.54, 1.807) is 14.2 Å². The summed E-state index contributed by atoms with van der Waals surface area (Å²) in [5.41, 5.74) is 8.10. The number of nitrogens with zero attached hydrogens (tertiary/aromatic N) is 1. The van der Waals surface area contributed by atoms with Crippen LogP contribution in [0, 0.1) is 0 Å². The van der Waals surface area contributed by atoms with Crippen molar-refractivity contribution in [1.82, 2.24) is 5.32 Å². The molecule has 28 heavy (non-hydrogen) atoms. The van der Waals surface area contributed by atoms with E-state index in [4.69, 9.17) is 19.9 Å². The van der Waals surface area contributed by atoms with Crippen LogP contribution in [0.4, 0.5) is 0 Å². The Morgan fingerprint density at radius 2 is 1.82 bits per heavy atom. The summed E-state index contributed by atoms with van der Waals surface area (Å²) in [5, 5.41) is 3.16. The van der Waals surface area contributed by atoms with Gasteiger partial charge >= 0.3 is 0 Å². The molecule has 2 aromatic rings. The number of nitrogens with one attached hydrogen (secondary N) is 1. The number of rotatable bonds is 8. The first-order chi connectivity index (χ1) is 13.2. The van der Waals surface area contributed by atoms with Crippen molar-refractivity contribution in [2.75, 3.05) is 14.2 Å². The van der Waals surface area contributed by atoms with Crippen LogP contribution < -0.4 is 25.3 Å². The van der Waals surface area contributed by atoms with Crippen LogP contribution in [0.1, 0.15) is 30.4 Å². The van der Waals surface area contributed by atoms with Gasteiger partial charge in [-0.1, -0.05) is 24.3 Å². The van der Waals surface area contributed by atoms with Gasteiger partial charge in [0, 0.05) is 12.1 Å². The Morgan fingerprint density at radius 1 is 1.07 bits per heavy atom. The fourth-order valence-electron chi connectivity index (χ4n) is 2.83. The fraction of sp³-hybridized carbons (Fsp3) is 0.381. The third-order valence-electron chi connectivity index (χ3n) is 4.66. The fourth-order valence-corrected chi connectivity index (χ4v) is 2.83. The molecule has 0 bridgehead atoms. The average Bonchev–Trinajstić information content (AvgIpc) is 2.67. The molecule has 3 N–H and O–H groups in total. The van der Waals surface area contributed by atoms with Crippen LogP contribution in [0.5, 0.6) is 17.2 Å². The molecule has 7 heteroatoms. The first kappa shape index (κ1) is 22.1. The maximum atomic E-state index is 6.04. The van der Waals surface area contributed by atoms with Gasteiger partial charge in [0.15, 0.2) is 17.5 Å². The van der Waals surface area contributed by atoms with Gasteiger partial charge in [-0.3, -0.25) is 0 Å². The van der Waals surface area contributed by atoms with Crippen LogP contribution in [0.25, 0.3) is 0 Å². The topological polar surface area (TPSA) is 78.1 Å². The molecule has 1 fully saturated rings. The molecular formula is C21H28IN3O3. The van der Waals surface area contributed by atoms with E-state index < -0.39 is 0 Å². The molecule has 6 nitrogen and oxygen atoms in total. The standard InChI is InChI=1S/C21H27N3O3.HI/c1-25-19-11-10-15(12-20(19)26-2)13-23-21(22)24-14-16-6-3-4-9-18(16)27-17-7-5-8-17;/h3-4,6,9-12,17H,5,7-8,13-14H2,1-2H3,(H3,22,23,24);1H. The molecule has 0 spiro atoms. The average molecular weight is 497 g/mol. The molecule has 2 aromatic carbocycles. The van der Waals surface area contributed by atoms with Crippen LogP contribution in [-0.4, -0.2) is 26.3 Å². The first-order valence-electron chi connectivity index (χ1n) is 9.19. The van der Waals surface area contributed by atoms with E-state index in [1.807, 2.05) is 42.5 Å². The van der Waals surface area contributed by atoms with Crippen LogP contribution in [0.15, 0.2) is 47.5 Å². The lowest BCUT2D eigenvalue weighted by Gasteiger charge is -2.27. The Bertz CT molecular complexity index is 794. The third-order valence-corrected chi connectivity index (χ3v) is 4.66. The van der Waals surface area contributed by atoms with E-state index in [-0.39, 0.29) is 24.0 Å². The summed E-state index contributed by atoms with van der Waals surface area (Å²) in [6, 6.07) is 13.8. The Labute approximate surface area is 183 Å². The second-order valence-corrected chi connectivity index (χ2v) is 6.52. The molecular weight excluding hydrogens is 469 g/mol. The SMILES string of the molecule is COc1ccc(CN=C(N)NCc2ccccc2OC2CCC2)cc1OC.I. The lowest BCUT2D eigenvalue weighted by Crippen LogP contribution is -2.31. The third kappa shape index (κ3) is 5.92. The van der Waals surface area contributed by atoms with Gasteiger partial charge in [-0.15, -0.1) is 24.0 Å². The highest BCUT2D eigenvalue weighted by molar-refractivity contribution is 14.0. The van der Waals surface area contributed by atoms with Gasteiger partial charge in [-0.05, 0) is 43.0 Å². The number of aliphatic imine (C=N–C) groups is 1. The van der Waals surface area contributed by atoms with Gasteiger partial charge < -0.3 is 25.3 Å². The smallest absolute Gasteiger partial charge is 0.189 e. The lowest BCUT2D eigenvalue weighted by atomic mass is 9.96. The van der Waals surface area contributed by atoms with E-state index in [1.165, 1.54) is 6.42 Å². The van der Waals surface area contributed by atoms with Gasteiger partial charge in [-0.25, -0.2) is 4.99 Å². The van der Waals surface area contributed by atoms with Crippen LogP contribution in [0.2, 0.25) is 0 Å². The molecule has 0 radical (unpaired) electrons. The predicted molar refractivity (Wildman–Crippen MR) is 122 cm³/mol. The Hall–Kier alpha value is -2.16. The molecule has 1 saturated carbocycles. The first-order valence-corrected chi connectivity index (χ1v) is 9.19. The van der Waals surface area contributed by atoms with Gasteiger partial charge in [0.05, 0.1) is 26.9 Å². The molecule has 0 heterocycles. The van der Waals surface area contributed by atoms with Crippen molar-refractivity contribution >= 4 is 29.9 Å². The number of hydrogen-bond acceptors (Lipinski definition) is 4. The maximum Gasteiger partial charge on any atom is 0.189 e. The zero-order valence-electron chi connectivity index (χ0n) is 16.3.